The molecule has 1 aliphatic heterocycles. The third kappa shape index (κ3) is 8.65. The second kappa shape index (κ2) is 12.4. The van der Waals surface area contributed by atoms with Crippen molar-refractivity contribution in [3.8, 4) is 0 Å². The van der Waals surface area contributed by atoms with E-state index in [0.29, 0.717) is 12.5 Å². The van der Waals surface area contributed by atoms with Crippen LogP contribution in [0.15, 0.2) is 0 Å². The van der Waals surface area contributed by atoms with Crippen LogP contribution in [0.5, 0.6) is 0 Å². The molecule has 1 N–H and O–H groups in total. The van der Waals surface area contributed by atoms with Gasteiger partial charge in [-0.15, -0.1) is 0 Å². The van der Waals surface area contributed by atoms with Crippen LogP contribution in [0.25, 0.3) is 0 Å². The number of carbonyl (C=O) groups excluding carboxylic acids is 1. The lowest BCUT2D eigenvalue weighted by molar-refractivity contribution is -0.119. The topological polar surface area (TPSA) is 32.3 Å². The Hall–Kier alpha value is -0.640. The monoisotopic (exact) mass is 234 g/mol. The number of halogens is 1. The highest BCUT2D eigenvalue weighted by atomic mass is 19.1. The van der Waals surface area contributed by atoms with E-state index in [1.54, 1.807) is 4.90 Å². The molecule has 1 heterocycles. The number of amides is 1. The second-order valence-corrected chi connectivity index (χ2v) is 3.29. The van der Waals surface area contributed by atoms with Crippen LogP contribution in [0.1, 0.15) is 41.0 Å². The minimum Gasteiger partial charge on any atom is -0.356 e. The van der Waals surface area contributed by atoms with Crippen molar-refractivity contribution in [1.82, 2.24) is 10.2 Å². The molecule has 98 valence electrons. The van der Waals surface area contributed by atoms with Gasteiger partial charge in [0.25, 0.3) is 0 Å². The highest BCUT2D eigenvalue weighted by molar-refractivity contribution is 5.72. The number of nitrogens with zero attached hydrogens (tertiary/aromatic N) is 1. The quantitative estimate of drug-likeness (QED) is 0.761. The molecule has 16 heavy (non-hydrogen) atoms. The fourth-order valence-corrected chi connectivity index (χ4v) is 1.48. The standard InChI is InChI=1S/C8H15FN2O.2C2H6/c1-7(12)10-4-8-2-3-11(5-8)6-9;2*1-2/h8H,2-6H2,1H3,(H,10,12);2*1-2H3. The summed E-state index contributed by atoms with van der Waals surface area (Å²) in [6.07, 6.45) is 0.990. The number of nitrogens with one attached hydrogen (secondary N) is 1. The Morgan fingerprint density at radius 1 is 1.38 bits per heavy atom. The van der Waals surface area contributed by atoms with E-state index in [4.69, 9.17) is 0 Å². The van der Waals surface area contributed by atoms with E-state index in [0.717, 1.165) is 19.5 Å². The first kappa shape index (κ1) is 17.7. The van der Waals surface area contributed by atoms with Gasteiger partial charge in [-0.3, -0.25) is 9.69 Å². The summed E-state index contributed by atoms with van der Waals surface area (Å²) >= 11 is 0. The van der Waals surface area contributed by atoms with Gasteiger partial charge in [0.2, 0.25) is 5.91 Å². The first-order valence-electron chi connectivity index (χ1n) is 6.25. The van der Waals surface area contributed by atoms with Gasteiger partial charge in [-0.25, -0.2) is 4.39 Å². The molecule has 3 nitrogen and oxygen atoms in total. The lowest BCUT2D eigenvalue weighted by Gasteiger charge is -2.11. The van der Waals surface area contributed by atoms with Crippen LogP contribution in [0, 0.1) is 5.92 Å². The van der Waals surface area contributed by atoms with Crippen molar-refractivity contribution in [2.24, 2.45) is 5.92 Å². The normalized spacial score (nSPS) is 19.0. The molecule has 1 atom stereocenters. The van der Waals surface area contributed by atoms with Crippen LogP contribution in [-0.4, -0.2) is 37.2 Å². The van der Waals surface area contributed by atoms with Crippen LogP contribution >= 0.6 is 0 Å². The summed E-state index contributed by atoms with van der Waals surface area (Å²) in [6, 6.07) is 0. The Kier molecular flexibility index (Phi) is 13.8. The molecular weight excluding hydrogens is 207 g/mol. The van der Waals surface area contributed by atoms with Gasteiger partial charge >= 0.3 is 0 Å². The number of rotatable bonds is 3. The van der Waals surface area contributed by atoms with Crippen LogP contribution < -0.4 is 5.32 Å². The van der Waals surface area contributed by atoms with Crippen molar-refractivity contribution in [3.63, 3.8) is 0 Å². The van der Waals surface area contributed by atoms with E-state index in [1.807, 2.05) is 27.7 Å². The summed E-state index contributed by atoms with van der Waals surface area (Å²) in [7, 11) is 0. The van der Waals surface area contributed by atoms with Crippen molar-refractivity contribution in [2.45, 2.75) is 41.0 Å². The predicted octanol–water partition coefficient (Wildman–Crippen LogP) is 2.42. The first-order valence-corrected chi connectivity index (χ1v) is 6.25. The fourth-order valence-electron chi connectivity index (χ4n) is 1.48. The molecule has 0 bridgehead atoms. The van der Waals surface area contributed by atoms with E-state index in [2.05, 4.69) is 5.32 Å². The van der Waals surface area contributed by atoms with Crippen LogP contribution in [0.4, 0.5) is 4.39 Å². The van der Waals surface area contributed by atoms with Gasteiger partial charge in [-0.05, 0) is 12.3 Å². The lowest BCUT2D eigenvalue weighted by atomic mass is 10.1. The van der Waals surface area contributed by atoms with Crippen LogP contribution in [-0.2, 0) is 4.79 Å². The minimum absolute atomic E-state index is 0.00583. The van der Waals surface area contributed by atoms with Gasteiger partial charge < -0.3 is 5.32 Å². The third-order valence-corrected chi connectivity index (χ3v) is 2.18. The summed E-state index contributed by atoms with van der Waals surface area (Å²) < 4.78 is 12.1. The summed E-state index contributed by atoms with van der Waals surface area (Å²) in [5.74, 6) is 0.429. The maximum absolute atomic E-state index is 12.1. The van der Waals surface area contributed by atoms with Gasteiger partial charge in [-0.2, -0.15) is 0 Å². The number of alkyl halides is 1. The number of hydrogen-bond donors (Lipinski definition) is 1. The Morgan fingerprint density at radius 3 is 2.31 bits per heavy atom. The molecule has 0 aromatic rings. The molecule has 1 unspecified atom stereocenters. The molecule has 1 aliphatic rings. The Bertz CT molecular complexity index is 165. The molecule has 1 fully saturated rings. The zero-order valence-corrected chi connectivity index (χ0v) is 11.3. The van der Waals surface area contributed by atoms with Crippen molar-refractivity contribution in [1.29, 1.82) is 0 Å². The maximum Gasteiger partial charge on any atom is 0.216 e. The van der Waals surface area contributed by atoms with Gasteiger partial charge in [0.1, 0.15) is 6.80 Å². The fraction of sp³-hybridized carbons (Fsp3) is 0.917. The van der Waals surface area contributed by atoms with Gasteiger partial charge in [-0.1, -0.05) is 27.7 Å². The highest BCUT2D eigenvalue weighted by Gasteiger charge is 2.21. The predicted molar refractivity (Wildman–Crippen MR) is 67.0 cm³/mol. The van der Waals surface area contributed by atoms with Gasteiger partial charge in [0, 0.05) is 26.6 Å². The molecule has 1 amide bonds. The smallest absolute Gasteiger partial charge is 0.216 e. The maximum atomic E-state index is 12.1. The molecule has 1 saturated heterocycles. The Morgan fingerprint density at radius 2 is 1.94 bits per heavy atom. The van der Waals surface area contributed by atoms with Crippen molar-refractivity contribution >= 4 is 5.91 Å². The van der Waals surface area contributed by atoms with E-state index >= 15 is 0 Å². The summed E-state index contributed by atoms with van der Waals surface area (Å²) in [5, 5.41) is 2.74. The second-order valence-electron chi connectivity index (χ2n) is 3.29. The van der Waals surface area contributed by atoms with Crippen LogP contribution in [0.3, 0.4) is 0 Å². The summed E-state index contributed by atoms with van der Waals surface area (Å²) in [4.78, 5) is 12.3. The third-order valence-electron chi connectivity index (χ3n) is 2.18. The molecule has 0 radical (unpaired) electrons. The van der Waals surface area contributed by atoms with Crippen molar-refractivity contribution in [3.05, 3.63) is 0 Å². The largest absolute Gasteiger partial charge is 0.356 e. The average Bonchev–Trinajstić information content (AvgIpc) is 2.79. The molecule has 0 spiro atoms. The molecular formula is C12H27FN2O. The lowest BCUT2D eigenvalue weighted by Crippen LogP contribution is -2.29. The molecule has 0 aromatic carbocycles. The Balaban J connectivity index is 0. The molecule has 0 saturated carbocycles. The number of likely N-dealkylation sites (tertiary alicyclic amines) is 1. The number of carbonyl (C=O) groups is 1. The first-order chi connectivity index (χ1) is 7.72. The minimum atomic E-state index is -0.365. The number of hydrogen-bond acceptors (Lipinski definition) is 2. The SMILES string of the molecule is CC.CC.CC(=O)NCC1CCN(CF)C1. The highest BCUT2D eigenvalue weighted by Crippen LogP contribution is 2.14. The molecule has 0 aromatic heterocycles. The molecule has 0 aliphatic carbocycles. The zero-order valence-electron chi connectivity index (χ0n) is 11.3. The van der Waals surface area contributed by atoms with Gasteiger partial charge in [0.05, 0.1) is 0 Å². The molecule has 4 heteroatoms. The van der Waals surface area contributed by atoms with Gasteiger partial charge in [0.15, 0.2) is 0 Å². The average molecular weight is 234 g/mol. The van der Waals surface area contributed by atoms with E-state index < -0.39 is 0 Å². The van der Waals surface area contributed by atoms with Crippen molar-refractivity contribution in [2.75, 3.05) is 26.4 Å². The summed E-state index contributed by atoms with van der Waals surface area (Å²) in [6.45, 7) is 11.4. The van der Waals surface area contributed by atoms with E-state index in [1.165, 1.54) is 6.92 Å². The molecule has 1 rings (SSSR count). The van der Waals surface area contributed by atoms with Crippen LogP contribution in [0.2, 0.25) is 0 Å². The van der Waals surface area contributed by atoms with E-state index in [9.17, 15) is 9.18 Å². The van der Waals surface area contributed by atoms with E-state index in [-0.39, 0.29) is 12.7 Å². The zero-order chi connectivity index (χ0) is 13.0. The summed E-state index contributed by atoms with van der Waals surface area (Å²) in [5.41, 5.74) is 0. The Labute approximate surface area is 99.4 Å². The van der Waals surface area contributed by atoms with Crippen molar-refractivity contribution < 1.29 is 9.18 Å².